The van der Waals surface area contributed by atoms with E-state index in [1.54, 1.807) is 19.2 Å². The van der Waals surface area contributed by atoms with Crippen LogP contribution >= 0.6 is 24.6 Å². The van der Waals surface area contributed by atoms with Crippen LogP contribution in [0.5, 0.6) is 0 Å². The fourth-order valence-electron chi connectivity index (χ4n) is 1.44. The SMILES string of the molecule is C=C/C(=N\N(C)S)OCc1c(C#N)cccc1SC(F)F. The molecule has 8 heteroatoms. The maximum atomic E-state index is 12.6. The molecule has 0 heterocycles. The van der Waals surface area contributed by atoms with Gasteiger partial charge in [-0.1, -0.05) is 24.4 Å². The highest BCUT2D eigenvalue weighted by atomic mass is 32.2. The molecule has 1 aromatic rings. The van der Waals surface area contributed by atoms with Crippen molar-refractivity contribution >= 4 is 30.5 Å². The molecule has 0 atom stereocenters. The molecular formula is C13H13F2N3OS2. The van der Waals surface area contributed by atoms with Gasteiger partial charge in [-0.25, -0.2) is 4.41 Å². The summed E-state index contributed by atoms with van der Waals surface area (Å²) in [7, 11) is 1.58. The molecule has 112 valence electrons. The molecule has 0 radical (unpaired) electrons. The van der Waals surface area contributed by atoms with Crippen LogP contribution in [-0.4, -0.2) is 23.1 Å². The van der Waals surface area contributed by atoms with Gasteiger partial charge in [0.2, 0.25) is 5.90 Å². The molecule has 0 amide bonds. The second-order valence-corrected chi connectivity index (χ2v) is 5.30. The van der Waals surface area contributed by atoms with Crippen LogP contribution in [0.4, 0.5) is 8.78 Å². The van der Waals surface area contributed by atoms with Crippen molar-refractivity contribution in [1.29, 1.82) is 5.26 Å². The summed E-state index contributed by atoms with van der Waals surface area (Å²) in [6, 6.07) is 6.58. The molecule has 0 aliphatic carbocycles. The van der Waals surface area contributed by atoms with E-state index in [0.717, 1.165) is 0 Å². The van der Waals surface area contributed by atoms with Crippen LogP contribution < -0.4 is 0 Å². The minimum absolute atomic E-state index is 0.0642. The van der Waals surface area contributed by atoms with Gasteiger partial charge in [0.25, 0.3) is 5.76 Å². The summed E-state index contributed by atoms with van der Waals surface area (Å²) >= 11 is 4.31. The number of nitriles is 1. The molecule has 1 rings (SSSR count). The maximum Gasteiger partial charge on any atom is 0.288 e. The van der Waals surface area contributed by atoms with Gasteiger partial charge in [-0.15, -0.1) is 5.10 Å². The fourth-order valence-corrected chi connectivity index (χ4v) is 2.19. The lowest BCUT2D eigenvalue weighted by atomic mass is 10.1. The van der Waals surface area contributed by atoms with E-state index in [0.29, 0.717) is 22.2 Å². The predicted octanol–water partition coefficient (Wildman–Crippen LogP) is 3.67. The number of ether oxygens (including phenoxy) is 1. The van der Waals surface area contributed by atoms with Crippen molar-refractivity contribution in [3.63, 3.8) is 0 Å². The minimum atomic E-state index is -2.58. The summed E-state index contributed by atoms with van der Waals surface area (Å²) in [4.78, 5) is 0.298. The third-order valence-electron chi connectivity index (χ3n) is 2.25. The van der Waals surface area contributed by atoms with Crippen molar-refractivity contribution in [3.05, 3.63) is 42.0 Å². The highest BCUT2D eigenvalue weighted by Gasteiger charge is 2.14. The van der Waals surface area contributed by atoms with Crippen LogP contribution in [0.25, 0.3) is 0 Å². The number of hydrogen-bond donors (Lipinski definition) is 1. The Balaban J connectivity index is 3.00. The number of hydrazone groups is 1. The van der Waals surface area contributed by atoms with Crippen LogP contribution in [0, 0.1) is 11.3 Å². The Labute approximate surface area is 131 Å². The van der Waals surface area contributed by atoms with Crippen LogP contribution in [0.2, 0.25) is 0 Å². The number of rotatable bonds is 6. The van der Waals surface area contributed by atoms with E-state index in [1.165, 1.54) is 16.6 Å². The van der Waals surface area contributed by atoms with E-state index in [1.807, 2.05) is 6.07 Å². The van der Waals surface area contributed by atoms with Gasteiger partial charge in [-0.3, -0.25) is 0 Å². The third kappa shape index (κ3) is 5.65. The Morgan fingerprint density at radius 2 is 2.38 bits per heavy atom. The number of nitrogens with zero attached hydrogens (tertiary/aromatic N) is 3. The molecular weight excluding hydrogens is 316 g/mol. The average molecular weight is 329 g/mol. The smallest absolute Gasteiger partial charge is 0.288 e. The minimum Gasteiger partial charge on any atom is -0.472 e. The van der Waals surface area contributed by atoms with Gasteiger partial charge in [0.15, 0.2) is 0 Å². The lowest BCUT2D eigenvalue weighted by molar-refractivity contribution is 0.251. The molecule has 0 aliphatic heterocycles. The van der Waals surface area contributed by atoms with Crippen LogP contribution in [0.15, 0.2) is 40.9 Å². The Morgan fingerprint density at radius 1 is 1.67 bits per heavy atom. The Morgan fingerprint density at radius 3 is 2.90 bits per heavy atom. The second kappa shape index (κ2) is 8.54. The Kier molecular flexibility index (Phi) is 7.05. The molecule has 0 fully saturated rings. The van der Waals surface area contributed by atoms with E-state index < -0.39 is 5.76 Å². The largest absolute Gasteiger partial charge is 0.472 e. The lowest BCUT2D eigenvalue weighted by Gasteiger charge is -2.13. The molecule has 4 nitrogen and oxygen atoms in total. The zero-order valence-corrected chi connectivity index (χ0v) is 12.9. The molecule has 0 saturated carbocycles. The third-order valence-corrected chi connectivity index (χ3v) is 3.16. The summed E-state index contributed by atoms with van der Waals surface area (Å²) in [6.45, 7) is 3.47. The highest BCUT2D eigenvalue weighted by molar-refractivity contribution is 7.99. The molecule has 0 aliphatic rings. The molecule has 21 heavy (non-hydrogen) atoms. The topological polar surface area (TPSA) is 48.6 Å². The molecule has 0 spiro atoms. The van der Waals surface area contributed by atoms with Crippen molar-refractivity contribution in [2.45, 2.75) is 17.3 Å². The van der Waals surface area contributed by atoms with E-state index in [2.05, 4.69) is 24.5 Å². The molecule has 0 aromatic heterocycles. The van der Waals surface area contributed by atoms with Gasteiger partial charge in [-0.2, -0.15) is 14.0 Å². The molecule has 0 saturated heterocycles. The summed E-state index contributed by atoms with van der Waals surface area (Å²) in [5, 5.41) is 13.0. The average Bonchev–Trinajstić information content (AvgIpc) is 2.43. The van der Waals surface area contributed by atoms with Gasteiger partial charge in [0, 0.05) is 17.5 Å². The number of thiol groups is 1. The van der Waals surface area contributed by atoms with Gasteiger partial charge >= 0.3 is 0 Å². The van der Waals surface area contributed by atoms with Gasteiger partial charge in [0.05, 0.1) is 11.6 Å². The summed E-state index contributed by atoms with van der Waals surface area (Å²) in [5.41, 5.74) is 0.671. The number of alkyl halides is 2. The zero-order chi connectivity index (χ0) is 15.8. The quantitative estimate of drug-likeness (QED) is 0.284. The van der Waals surface area contributed by atoms with Crippen molar-refractivity contribution in [1.82, 2.24) is 4.41 Å². The first-order chi connectivity index (χ1) is 9.97. The van der Waals surface area contributed by atoms with E-state index in [-0.39, 0.29) is 18.1 Å². The lowest BCUT2D eigenvalue weighted by Crippen LogP contribution is -2.08. The van der Waals surface area contributed by atoms with Gasteiger partial charge in [-0.05, 0) is 31.0 Å². The number of halogens is 2. The zero-order valence-electron chi connectivity index (χ0n) is 11.2. The summed E-state index contributed by atoms with van der Waals surface area (Å²) < 4.78 is 31.7. The van der Waals surface area contributed by atoms with Crippen LogP contribution in [0.3, 0.4) is 0 Å². The highest BCUT2D eigenvalue weighted by Crippen LogP contribution is 2.30. The number of hydrogen-bond acceptors (Lipinski definition) is 6. The number of thioether (sulfide) groups is 1. The van der Waals surface area contributed by atoms with Crippen molar-refractivity contribution in [2.24, 2.45) is 5.10 Å². The van der Waals surface area contributed by atoms with Gasteiger partial charge < -0.3 is 4.74 Å². The van der Waals surface area contributed by atoms with Crippen molar-refractivity contribution < 1.29 is 13.5 Å². The first-order valence-corrected chi connectivity index (χ1v) is 6.99. The van der Waals surface area contributed by atoms with Crippen LogP contribution in [0.1, 0.15) is 11.1 Å². The monoisotopic (exact) mass is 329 g/mol. The number of benzene rings is 1. The fraction of sp³-hybridized carbons (Fsp3) is 0.231. The molecule has 1 aromatic carbocycles. The second-order valence-electron chi connectivity index (χ2n) is 3.69. The molecule has 0 N–H and O–H groups in total. The summed E-state index contributed by atoms with van der Waals surface area (Å²) in [6.07, 6.45) is 1.36. The Hall–Kier alpha value is -1.72. The standard InChI is InChI=1S/C13H13F2N3OS2/c1-3-12(17-18(2)20)19-8-10-9(7-16)5-4-6-11(10)21-13(14)15/h3-6,13,20H,1,8H2,2H3/b17-12+. The van der Waals surface area contributed by atoms with E-state index >= 15 is 0 Å². The molecule has 0 bridgehead atoms. The maximum absolute atomic E-state index is 12.6. The van der Waals surface area contributed by atoms with Gasteiger partial charge in [0.1, 0.15) is 6.61 Å². The molecule has 0 unspecified atom stereocenters. The predicted molar refractivity (Wildman–Crippen MR) is 82.2 cm³/mol. The van der Waals surface area contributed by atoms with Crippen molar-refractivity contribution in [2.75, 3.05) is 7.05 Å². The Bertz CT molecular complexity index is 571. The van der Waals surface area contributed by atoms with Crippen LogP contribution in [-0.2, 0) is 11.3 Å². The van der Waals surface area contributed by atoms with E-state index in [9.17, 15) is 8.78 Å². The summed E-state index contributed by atoms with van der Waals surface area (Å²) in [5.74, 6) is -2.40. The first-order valence-electron chi connectivity index (χ1n) is 5.71. The first kappa shape index (κ1) is 17.3. The normalized spacial score (nSPS) is 11.1. The van der Waals surface area contributed by atoms with E-state index in [4.69, 9.17) is 10.00 Å². The van der Waals surface area contributed by atoms with Crippen molar-refractivity contribution in [3.8, 4) is 6.07 Å².